The molecule has 1 rings (SSSR count). The summed E-state index contributed by atoms with van der Waals surface area (Å²) in [5.74, 6) is 0. The zero-order chi connectivity index (χ0) is 4.24. The fourth-order valence-corrected chi connectivity index (χ4v) is 0.442. The molecule has 0 N–H and O–H groups in total. The molecule has 1 nitrogen and oxygen atoms in total. The monoisotopic (exact) mass is 81.1 g/mol. The predicted molar refractivity (Wildman–Crippen MR) is 27.1 cm³/mol. The van der Waals surface area contributed by atoms with Gasteiger partial charge in [-0.3, -0.25) is 4.99 Å². The van der Waals surface area contributed by atoms with Crippen LogP contribution in [0.4, 0.5) is 0 Å². The second kappa shape index (κ2) is 1.75. The molecule has 0 saturated carbocycles. The molecule has 6 heavy (non-hydrogen) atoms. The van der Waals surface area contributed by atoms with Crippen molar-refractivity contribution in [1.29, 1.82) is 0 Å². The van der Waals surface area contributed by atoms with E-state index in [1.165, 1.54) is 0 Å². The molecule has 1 aliphatic heterocycles. The summed E-state index contributed by atoms with van der Waals surface area (Å²) in [4.78, 5) is 3.97. The average molecular weight is 81.1 g/mol. The first-order valence-corrected chi connectivity index (χ1v) is 2.15. The first kappa shape index (κ1) is 3.59. The van der Waals surface area contributed by atoms with Crippen molar-refractivity contribution in [2.45, 2.75) is 6.42 Å². The van der Waals surface area contributed by atoms with Crippen LogP contribution in [0.2, 0.25) is 0 Å². The standard InChI is InChI=1S/C5H7N/c1-2-4-6-5-3-1/h1-2,4H,3,5H2. The van der Waals surface area contributed by atoms with E-state index in [4.69, 9.17) is 0 Å². The molecule has 0 atom stereocenters. The van der Waals surface area contributed by atoms with Gasteiger partial charge in [0.25, 0.3) is 0 Å². The van der Waals surface area contributed by atoms with E-state index in [0.29, 0.717) is 0 Å². The van der Waals surface area contributed by atoms with Crippen molar-refractivity contribution >= 4 is 6.21 Å². The van der Waals surface area contributed by atoms with Gasteiger partial charge in [-0.05, 0) is 12.5 Å². The number of aliphatic imine (C=N–C) groups is 1. The van der Waals surface area contributed by atoms with Crippen LogP contribution in [-0.2, 0) is 0 Å². The minimum absolute atomic E-state index is 0.983. The summed E-state index contributed by atoms with van der Waals surface area (Å²) in [6.07, 6.45) is 7.05. The summed E-state index contributed by atoms with van der Waals surface area (Å²) >= 11 is 0. The summed E-state index contributed by atoms with van der Waals surface area (Å²) < 4.78 is 0. The van der Waals surface area contributed by atoms with Crippen LogP contribution >= 0.6 is 0 Å². The van der Waals surface area contributed by atoms with Crippen LogP contribution in [0.15, 0.2) is 17.1 Å². The van der Waals surface area contributed by atoms with Crippen LogP contribution in [0, 0.1) is 0 Å². The molecule has 0 aromatic heterocycles. The summed E-state index contributed by atoms with van der Waals surface area (Å²) in [6, 6.07) is 0. The highest BCUT2D eigenvalue weighted by molar-refractivity contribution is 5.71. The summed E-state index contributed by atoms with van der Waals surface area (Å²) in [6.45, 7) is 0.983. The Morgan fingerprint density at radius 1 is 1.50 bits per heavy atom. The molecule has 0 aliphatic carbocycles. The zero-order valence-corrected chi connectivity index (χ0v) is 3.59. The fraction of sp³-hybridized carbons (Fsp3) is 0.400. The SMILES string of the molecule is C1=CCCN=C1. The number of rotatable bonds is 0. The fourth-order valence-electron chi connectivity index (χ4n) is 0.442. The van der Waals surface area contributed by atoms with Crippen molar-refractivity contribution in [3.63, 3.8) is 0 Å². The van der Waals surface area contributed by atoms with Gasteiger partial charge in [0.15, 0.2) is 0 Å². The van der Waals surface area contributed by atoms with Crippen LogP contribution < -0.4 is 0 Å². The molecule has 0 fully saturated rings. The molecule has 0 amide bonds. The summed E-state index contributed by atoms with van der Waals surface area (Å²) in [5, 5.41) is 0. The molecule has 32 valence electrons. The van der Waals surface area contributed by atoms with E-state index in [-0.39, 0.29) is 0 Å². The highest BCUT2D eigenvalue weighted by atomic mass is 14.7. The van der Waals surface area contributed by atoms with Crippen LogP contribution in [0.5, 0.6) is 0 Å². The Kier molecular flexibility index (Phi) is 1.05. The number of nitrogens with zero attached hydrogens (tertiary/aromatic N) is 1. The normalized spacial score (nSPS) is 18.7. The molecular formula is C5H7N. The molecular weight excluding hydrogens is 74.1 g/mol. The number of hydrogen-bond donors (Lipinski definition) is 0. The molecule has 0 saturated heterocycles. The second-order valence-electron chi connectivity index (χ2n) is 1.27. The highest BCUT2D eigenvalue weighted by Gasteiger charge is 1.78. The largest absolute Gasteiger partial charge is 0.293 e. The maximum absolute atomic E-state index is 3.97. The van der Waals surface area contributed by atoms with Crippen LogP contribution in [-0.4, -0.2) is 12.8 Å². The molecule has 0 unspecified atom stereocenters. The minimum Gasteiger partial charge on any atom is -0.293 e. The lowest BCUT2D eigenvalue weighted by atomic mass is 10.3. The third kappa shape index (κ3) is 0.677. The van der Waals surface area contributed by atoms with Crippen molar-refractivity contribution in [2.75, 3.05) is 6.54 Å². The smallest absolute Gasteiger partial charge is 0.0423 e. The first-order chi connectivity index (χ1) is 3.00. The lowest BCUT2D eigenvalue weighted by Crippen LogP contribution is -1.81. The molecule has 0 bridgehead atoms. The lowest BCUT2D eigenvalue weighted by molar-refractivity contribution is 1.00. The summed E-state index contributed by atoms with van der Waals surface area (Å²) in [5.41, 5.74) is 0. The Balaban J connectivity index is 2.46. The maximum Gasteiger partial charge on any atom is 0.0423 e. The van der Waals surface area contributed by atoms with Gasteiger partial charge in [0.1, 0.15) is 0 Å². The van der Waals surface area contributed by atoms with Gasteiger partial charge < -0.3 is 0 Å². The molecule has 1 heteroatoms. The first-order valence-electron chi connectivity index (χ1n) is 2.15. The van der Waals surface area contributed by atoms with Gasteiger partial charge in [-0.1, -0.05) is 6.08 Å². The van der Waals surface area contributed by atoms with E-state index >= 15 is 0 Å². The van der Waals surface area contributed by atoms with Gasteiger partial charge in [0, 0.05) is 12.8 Å². The number of dihydropyridines is 1. The number of hydrogen-bond acceptors (Lipinski definition) is 1. The molecule has 1 heterocycles. The minimum atomic E-state index is 0.983. The molecule has 0 aromatic carbocycles. The topological polar surface area (TPSA) is 12.4 Å². The van der Waals surface area contributed by atoms with E-state index in [2.05, 4.69) is 11.1 Å². The average Bonchev–Trinajstić information content (AvgIpc) is 1.72. The Morgan fingerprint density at radius 3 is 2.67 bits per heavy atom. The van der Waals surface area contributed by atoms with Crippen molar-refractivity contribution in [3.05, 3.63) is 12.2 Å². The Hall–Kier alpha value is -0.590. The van der Waals surface area contributed by atoms with E-state index in [1.54, 1.807) is 0 Å². The Bertz CT molecular complexity index is 69.9. The van der Waals surface area contributed by atoms with Gasteiger partial charge >= 0.3 is 0 Å². The maximum atomic E-state index is 3.97. The summed E-state index contributed by atoms with van der Waals surface area (Å²) in [7, 11) is 0. The second-order valence-corrected chi connectivity index (χ2v) is 1.27. The predicted octanol–water partition coefficient (Wildman–Crippen LogP) is 1.02. The third-order valence-electron chi connectivity index (χ3n) is 0.752. The molecule has 0 aromatic rings. The number of allylic oxidation sites excluding steroid dienone is 1. The highest BCUT2D eigenvalue weighted by Crippen LogP contribution is 1.87. The van der Waals surface area contributed by atoms with Gasteiger partial charge in [-0.25, -0.2) is 0 Å². The van der Waals surface area contributed by atoms with Crippen molar-refractivity contribution in [2.24, 2.45) is 4.99 Å². The van der Waals surface area contributed by atoms with Crippen LogP contribution in [0.3, 0.4) is 0 Å². The van der Waals surface area contributed by atoms with E-state index < -0.39 is 0 Å². The van der Waals surface area contributed by atoms with E-state index in [0.717, 1.165) is 13.0 Å². The Morgan fingerprint density at radius 2 is 2.50 bits per heavy atom. The van der Waals surface area contributed by atoms with E-state index in [1.807, 2.05) is 12.3 Å². The van der Waals surface area contributed by atoms with Gasteiger partial charge in [-0.2, -0.15) is 0 Å². The van der Waals surface area contributed by atoms with Crippen LogP contribution in [0.25, 0.3) is 0 Å². The van der Waals surface area contributed by atoms with Gasteiger partial charge in [0.2, 0.25) is 0 Å². The van der Waals surface area contributed by atoms with Crippen LogP contribution in [0.1, 0.15) is 6.42 Å². The van der Waals surface area contributed by atoms with E-state index in [9.17, 15) is 0 Å². The third-order valence-corrected chi connectivity index (χ3v) is 0.752. The molecule has 0 radical (unpaired) electrons. The van der Waals surface area contributed by atoms with Gasteiger partial charge in [0.05, 0.1) is 0 Å². The molecule has 0 spiro atoms. The molecule has 1 aliphatic rings. The van der Waals surface area contributed by atoms with Crippen molar-refractivity contribution in [3.8, 4) is 0 Å². The lowest BCUT2D eigenvalue weighted by Gasteiger charge is -1.88. The van der Waals surface area contributed by atoms with Crippen molar-refractivity contribution < 1.29 is 0 Å². The zero-order valence-electron chi connectivity index (χ0n) is 3.59. The van der Waals surface area contributed by atoms with Crippen molar-refractivity contribution in [1.82, 2.24) is 0 Å². The van der Waals surface area contributed by atoms with Gasteiger partial charge in [-0.15, -0.1) is 0 Å². The quantitative estimate of drug-likeness (QED) is 0.413. The Labute approximate surface area is 37.4 Å².